The number of aromatic nitrogens is 1. The topological polar surface area (TPSA) is 63.7 Å². The quantitative estimate of drug-likeness (QED) is 0.537. The van der Waals surface area contributed by atoms with Gasteiger partial charge < -0.3 is 19.7 Å². The standard InChI is InChI=1S/C22H34FN3O3/c1-16(14-28-12-9-23)13-17(2)24-21(27)19-7-8-20(26-10-3-4-11-26)22(25-19)29-15-18-5-6-18/h7-8,16-18H,3-6,9-15H2,1-2H3,(H,24,27)/t16?,17-/m1/s1. The number of hydrogen-bond acceptors (Lipinski definition) is 5. The number of amides is 1. The number of ether oxygens (including phenoxy) is 2. The number of carbonyl (C=O) groups excluding carboxylic acids is 1. The predicted molar refractivity (Wildman–Crippen MR) is 111 cm³/mol. The van der Waals surface area contributed by atoms with Crippen LogP contribution in [-0.2, 0) is 4.74 Å². The average Bonchev–Trinajstić information content (AvgIpc) is 3.37. The van der Waals surface area contributed by atoms with Gasteiger partial charge in [-0.25, -0.2) is 9.37 Å². The summed E-state index contributed by atoms with van der Waals surface area (Å²) < 4.78 is 23.4. The van der Waals surface area contributed by atoms with Crippen molar-refractivity contribution in [3.63, 3.8) is 0 Å². The second kappa shape index (κ2) is 10.8. The number of halogens is 1. The van der Waals surface area contributed by atoms with Crippen LogP contribution in [0.3, 0.4) is 0 Å². The van der Waals surface area contributed by atoms with E-state index in [1.807, 2.05) is 19.9 Å². The number of carbonyl (C=O) groups is 1. The second-order valence-corrected chi connectivity index (χ2v) is 8.45. The van der Waals surface area contributed by atoms with Crippen molar-refractivity contribution in [1.29, 1.82) is 0 Å². The van der Waals surface area contributed by atoms with Crippen LogP contribution in [0.4, 0.5) is 10.1 Å². The van der Waals surface area contributed by atoms with Crippen LogP contribution in [0.5, 0.6) is 5.88 Å². The molecule has 1 saturated heterocycles. The first-order chi connectivity index (χ1) is 14.1. The molecule has 1 saturated carbocycles. The van der Waals surface area contributed by atoms with Gasteiger partial charge in [0.15, 0.2) is 0 Å². The minimum Gasteiger partial charge on any atom is -0.476 e. The lowest BCUT2D eigenvalue weighted by atomic mass is 10.0. The molecule has 6 nitrogen and oxygen atoms in total. The van der Waals surface area contributed by atoms with Crippen LogP contribution >= 0.6 is 0 Å². The van der Waals surface area contributed by atoms with Gasteiger partial charge in [0.05, 0.1) is 18.9 Å². The average molecular weight is 408 g/mol. The van der Waals surface area contributed by atoms with Crippen LogP contribution in [0.25, 0.3) is 0 Å². The van der Waals surface area contributed by atoms with Crippen LogP contribution in [-0.4, -0.2) is 56.5 Å². The number of nitrogens with zero attached hydrogens (tertiary/aromatic N) is 2. The molecule has 1 unspecified atom stereocenters. The molecule has 1 aliphatic heterocycles. The van der Waals surface area contributed by atoms with E-state index in [-0.39, 0.29) is 24.5 Å². The van der Waals surface area contributed by atoms with E-state index >= 15 is 0 Å². The summed E-state index contributed by atoms with van der Waals surface area (Å²) in [6.07, 6.45) is 5.53. The van der Waals surface area contributed by atoms with E-state index in [1.165, 1.54) is 25.7 Å². The van der Waals surface area contributed by atoms with E-state index in [4.69, 9.17) is 9.47 Å². The Morgan fingerprint density at radius 1 is 1.31 bits per heavy atom. The zero-order valence-electron chi connectivity index (χ0n) is 17.7. The van der Waals surface area contributed by atoms with Crippen LogP contribution in [0, 0.1) is 11.8 Å². The molecule has 0 spiro atoms. The van der Waals surface area contributed by atoms with Gasteiger partial charge >= 0.3 is 0 Å². The molecule has 1 aromatic heterocycles. The molecule has 2 heterocycles. The summed E-state index contributed by atoms with van der Waals surface area (Å²) in [5.74, 6) is 1.24. The first-order valence-electron chi connectivity index (χ1n) is 10.9. The van der Waals surface area contributed by atoms with E-state index in [9.17, 15) is 9.18 Å². The van der Waals surface area contributed by atoms with Crippen molar-refractivity contribution >= 4 is 11.6 Å². The lowest BCUT2D eigenvalue weighted by molar-refractivity contribution is 0.0833. The molecule has 3 rings (SSSR count). The summed E-state index contributed by atoms with van der Waals surface area (Å²) in [7, 11) is 0. The number of anilines is 1. The van der Waals surface area contributed by atoms with Gasteiger partial charge in [0.1, 0.15) is 12.4 Å². The van der Waals surface area contributed by atoms with Crippen molar-refractivity contribution in [1.82, 2.24) is 10.3 Å². The summed E-state index contributed by atoms with van der Waals surface area (Å²) in [5.41, 5.74) is 1.37. The highest BCUT2D eigenvalue weighted by Crippen LogP contribution is 2.33. The number of pyridine rings is 1. The van der Waals surface area contributed by atoms with E-state index in [0.29, 0.717) is 30.7 Å². The van der Waals surface area contributed by atoms with Gasteiger partial charge in [-0.1, -0.05) is 6.92 Å². The maximum Gasteiger partial charge on any atom is 0.270 e. The SMILES string of the molecule is CC(COCCF)C[C@@H](C)NC(=O)c1ccc(N2CCCC2)c(OCC2CC2)n1. The van der Waals surface area contributed by atoms with Crippen molar-refractivity contribution in [2.24, 2.45) is 11.8 Å². The highest BCUT2D eigenvalue weighted by molar-refractivity contribution is 5.93. The fourth-order valence-corrected chi connectivity index (χ4v) is 3.71. The van der Waals surface area contributed by atoms with E-state index < -0.39 is 6.67 Å². The Balaban J connectivity index is 1.59. The molecule has 1 amide bonds. The molecule has 0 bridgehead atoms. The van der Waals surface area contributed by atoms with Crippen molar-refractivity contribution in [2.75, 3.05) is 44.5 Å². The Morgan fingerprint density at radius 2 is 2.07 bits per heavy atom. The van der Waals surface area contributed by atoms with Crippen LogP contribution in [0.2, 0.25) is 0 Å². The molecule has 2 atom stereocenters. The van der Waals surface area contributed by atoms with Gasteiger partial charge in [0.25, 0.3) is 5.91 Å². The minimum absolute atomic E-state index is 0.0256. The molecule has 1 aliphatic carbocycles. The van der Waals surface area contributed by atoms with Gasteiger partial charge in [0, 0.05) is 25.7 Å². The van der Waals surface area contributed by atoms with Crippen molar-refractivity contribution in [3.05, 3.63) is 17.8 Å². The van der Waals surface area contributed by atoms with E-state index in [0.717, 1.165) is 25.2 Å². The summed E-state index contributed by atoms with van der Waals surface area (Å²) in [4.78, 5) is 19.6. The molecule has 0 radical (unpaired) electrons. The maximum absolute atomic E-state index is 12.7. The zero-order valence-corrected chi connectivity index (χ0v) is 17.7. The van der Waals surface area contributed by atoms with Gasteiger partial charge in [-0.15, -0.1) is 0 Å². The molecular weight excluding hydrogens is 373 g/mol. The highest BCUT2D eigenvalue weighted by Gasteiger charge is 2.25. The Morgan fingerprint density at radius 3 is 2.76 bits per heavy atom. The third-order valence-electron chi connectivity index (χ3n) is 5.43. The van der Waals surface area contributed by atoms with Crippen LogP contribution in [0.1, 0.15) is 56.4 Å². The van der Waals surface area contributed by atoms with Crippen molar-refractivity contribution in [3.8, 4) is 5.88 Å². The third kappa shape index (κ3) is 6.84. The molecule has 29 heavy (non-hydrogen) atoms. The predicted octanol–water partition coefficient (Wildman–Crippen LogP) is 3.60. The molecule has 162 valence electrons. The Labute approximate surface area is 173 Å². The van der Waals surface area contributed by atoms with Crippen molar-refractivity contribution < 1.29 is 18.7 Å². The Hall–Kier alpha value is -1.89. The summed E-state index contributed by atoms with van der Waals surface area (Å²) in [6, 6.07) is 3.73. The number of nitrogens with one attached hydrogen (secondary N) is 1. The molecule has 0 aromatic carbocycles. The van der Waals surface area contributed by atoms with Gasteiger partial charge in [-0.05, 0) is 63.0 Å². The Kier molecular flexibility index (Phi) is 8.09. The maximum atomic E-state index is 12.7. The molecule has 2 fully saturated rings. The monoisotopic (exact) mass is 407 g/mol. The van der Waals surface area contributed by atoms with E-state index in [2.05, 4.69) is 15.2 Å². The first-order valence-corrected chi connectivity index (χ1v) is 10.9. The van der Waals surface area contributed by atoms with Crippen LogP contribution in [0.15, 0.2) is 12.1 Å². The van der Waals surface area contributed by atoms with Gasteiger partial charge in [-0.3, -0.25) is 4.79 Å². The summed E-state index contributed by atoms with van der Waals surface area (Å²) in [6.45, 7) is 6.84. The normalized spacial score (nSPS) is 18.5. The highest BCUT2D eigenvalue weighted by atomic mass is 19.1. The van der Waals surface area contributed by atoms with Crippen molar-refractivity contribution in [2.45, 2.75) is 52.0 Å². The lowest BCUT2D eigenvalue weighted by Gasteiger charge is -2.22. The molecular formula is C22H34FN3O3. The fourth-order valence-electron chi connectivity index (χ4n) is 3.71. The molecule has 2 aliphatic rings. The van der Waals surface area contributed by atoms with Gasteiger partial charge in [0.2, 0.25) is 5.88 Å². The zero-order chi connectivity index (χ0) is 20.6. The second-order valence-electron chi connectivity index (χ2n) is 8.45. The van der Waals surface area contributed by atoms with E-state index in [1.54, 1.807) is 6.07 Å². The minimum atomic E-state index is -0.469. The Bertz CT molecular complexity index is 663. The summed E-state index contributed by atoms with van der Waals surface area (Å²) in [5, 5.41) is 3.01. The molecule has 7 heteroatoms. The number of rotatable bonds is 12. The lowest BCUT2D eigenvalue weighted by Crippen LogP contribution is -2.35. The molecule has 1 aromatic rings. The third-order valence-corrected chi connectivity index (χ3v) is 5.43. The summed E-state index contributed by atoms with van der Waals surface area (Å²) >= 11 is 0. The fraction of sp³-hybridized carbons (Fsp3) is 0.727. The van der Waals surface area contributed by atoms with Gasteiger partial charge in [-0.2, -0.15) is 0 Å². The first kappa shape index (κ1) is 21.8. The number of hydrogen-bond donors (Lipinski definition) is 1. The van der Waals surface area contributed by atoms with Crippen LogP contribution < -0.4 is 15.0 Å². The molecule has 1 N–H and O–H groups in total. The smallest absolute Gasteiger partial charge is 0.270 e. The number of alkyl halides is 1. The largest absolute Gasteiger partial charge is 0.476 e.